The van der Waals surface area contributed by atoms with E-state index >= 15 is 0 Å². The van der Waals surface area contributed by atoms with Crippen molar-refractivity contribution in [3.63, 3.8) is 0 Å². The highest BCUT2D eigenvalue weighted by Gasteiger charge is 2.17. The molecule has 0 bridgehead atoms. The van der Waals surface area contributed by atoms with Crippen LogP contribution in [0.25, 0.3) is 11.5 Å². The number of nitrogens with zero attached hydrogens (tertiary/aromatic N) is 6. The van der Waals surface area contributed by atoms with Crippen molar-refractivity contribution in [3.8, 4) is 17.3 Å². The first-order chi connectivity index (χ1) is 14.6. The molecule has 2 N–H and O–H groups in total. The summed E-state index contributed by atoms with van der Waals surface area (Å²) < 4.78 is 7.31. The van der Waals surface area contributed by atoms with Crippen molar-refractivity contribution >= 4 is 11.7 Å². The molecule has 4 rings (SSSR count). The monoisotopic (exact) mass is 406 g/mol. The number of nitrogens with one attached hydrogen (secondary N) is 2. The van der Waals surface area contributed by atoms with Crippen LogP contribution in [0.1, 0.15) is 10.4 Å². The first-order valence-electron chi connectivity index (χ1n) is 8.54. The van der Waals surface area contributed by atoms with Crippen LogP contribution in [0, 0.1) is 0 Å². The lowest BCUT2D eigenvalue weighted by Crippen LogP contribution is -2.38. The number of benzene rings is 1. The third-order valence-corrected chi connectivity index (χ3v) is 4.10. The minimum atomic E-state index is -0.785. The summed E-state index contributed by atoms with van der Waals surface area (Å²) in [6, 6.07) is 7.72. The van der Waals surface area contributed by atoms with E-state index in [1.165, 1.54) is 49.0 Å². The van der Waals surface area contributed by atoms with Gasteiger partial charge in [-0.3, -0.25) is 9.59 Å². The Morgan fingerprint density at radius 1 is 1.13 bits per heavy atom. The van der Waals surface area contributed by atoms with E-state index in [2.05, 4.69) is 30.4 Å². The topological polar surface area (TPSA) is 150 Å². The maximum Gasteiger partial charge on any atom is 0.333 e. The molecular weight excluding hydrogens is 392 g/mol. The Kier molecular flexibility index (Phi) is 4.87. The zero-order chi connectivity index (χ0) is 21.1. The van der Waals surface area contributed by atoms with E-state index in [0.29, 0.717) is 11.6 Å². The van der Waals surface area contributed by atoms with Gasteiger partial charge in [-0.05, 0) is 24.3 Å². The minimum absolute atomic E-state index is 0.141. The molecular formula is C18H14N8O4. The number of hydrogen-bond acceptors (Lipinski definition) is 8. The molecule has 1 aromatic carbocycles. The highest BCUT2D eigenvalue weighted by molar-refractivity contribution is 6.03. The number of ether oxygens (including phenoxy) is 1. The molecule has 0 spiro atoms. The standard InChI is InChI=1S/C18H14N8O4/c1-30-12-4-2-11(3-5-12)26-17(28)13(7-20-18(26)29)16(27)24-14-6-15(22-9-21-14)25-10-19-8-23-25/h2-10H,1H3,(H,20,29)(H,21,22,24,27). The third-order valence-electron chi connectivity index (χ3n) is 4.10. The van der Waals surface area contributed by atoms with E-state index in [9.17, 15) is 14.4 Å². The Morgan fingerprint density at radius 3 is 2.63 bits per heavy atom. The molecule has 12 heteroatoms. The second kappa shape index (κ2) is 7.79. The van der Waals surface area contributed by atoms with Gasteiger partial charge < -0.3 is 15.0 Å². The van der Waals surface area contributed by atoms with Crippen LogP contribution < -0.4 is 21.3 Å². The van der Waals surface area contributed by atoms with E-state index in [1.807, 2.05) is 0 Å². The highest BCUT2D eigenvalue weighted by Crippen LogP contribution is 2.13. The van der Waals surface area contributed by atoms with Crippen molar-refractivity contribution in [1.82, 2.24) is 34.3 Å². The Labute approximate surface area is 167 Å². The number of hydrogen-bond donors (Lipinski definition) is 2. The predicted octanol–water partition coefficient (Wildman–Crippen LogP) is 0.157. The molecule has 4 aromatic rings. The summed E-state index contributed by atoms with van der Waals surface area (Å²) in [5.41, 5.74) is -1.46. The van der Waals surface area contributed by atoms with E-state index in [-0.39, 0.29) is 17.1 Å². The van der Waals surface area contributed by atoms with Gasteiger partial charge >= 0.3 is 5.69 Å². The van der Waals surface area contributed by atoms with Crippen LogP contribution in [0.3, 0.4) is 0 Å². The number of carbonyl (C=O) groups is 1. The number of H-pyrrole nitrogens is 1. The van der Waals surface area contributed by atoms with Gasteiger partial charge in [-0.2, -0.15) is 5.10 Å². The molecule has 30 heavy (non-hydrogen) atoms. The molecule has 150 valence electrons. The van der Waals surface area contributed by atoms with Gasteiger partial charge in [0.1, 0.15) is 36.1 Å². The van der Waals surface area contributed by atoms with Crippen LogP contribution in [0.4, 0.5) is 5.82 Å². The predicted molar refractivity (Wildman–Crippen MR) is 104 cm³/mol. The van der Waals surface area contributed by atoms with Gasteiger partial charge in [0.15, 0.2) is 5.82 Å². The Bertz CT molecular complexity index is 1310. The smallest absolute Gasteiger partial charge is 0.333 e. The minimum Gasteiger partial charge on any atom is -0.497 e. The summed E-state index contributed by atoms with van der Waals surface area (Å²) in [5, 5.41) is 6.46. The van der Waals surface area contributed by atoms with Crippen molar-refractivity contribution in [1.29, 1.82) is 0 Å². The molecule has 0 saturated heterocycles. The molecule has 0 radical (unpaired) electrons. The average molecular weight is 406 g/mol. The highest BCUT2D eigenvalue weighted by atomic mass is 16.5. The van der Waals surface area contributed by atoms with Crippen LogP contribution in [-0.2, 0) is 0 Å². The van der Waals surface area contributed by atoms with Gasteiger partial charge in [0.2, 0.25) is 0 Å². The third kappa shape index (κ3) is 3.56. The van der Waals surface area contributed by atoms with Crippen molar-refractivity contribution in [2.45, 2.75) is 0 Å². The van der Waals surface area contributed by atoms with Crippen LogP contribution in [0.15, 0.2) is 65.1 Å². The fourth-order valence-electron chi connectivity index (χ4n) is 2.65. The lowest BCUT2D eigenvalue weighted by molar-refractivity contribution is 0.102. The second-order valence-electron chi connectivity index (χ2n) is 5.90. The molecule has 0 saturated carbocycles. The van der Waals surface area contributed by atoms with Crippen molar-refractivity contribution in [2.75, 3.05) is 12.4 Å². The largest absolute Gasteiger partial charge is 0.497 e. The summed E-state index contributed by atoms with van der Waals surface area (Å²) in [7, 11) is 1.50. The van der Waals surface area contributed by atoms with Gasteiger partial charge in [-0.1, -0.05) is 0 Å². The molecule has 0 aliphatic rings. The molecule has 3 heterocycles. The molecule has 1 amide bonds. The van der Waals surface area contributed by atoms with E-state index in [1.54, 1.807) is 12.1 Å². The molecule has 0 aliphatic carbocycles. The lowest BCUT2D eigenvalue weighted by Gasteiger charge is -2.09. The first kappa shape index (κ1) is 18.7. The van der Waals surface area contributed by atoms with Crippen molar-refractivity contribution in [3.05, 3.63) is 81.9 Å². The van der Waals surface area contributed by atoms with Gasteiger partial charge in [-0.25, -0.2) is 29.0 Å². The number of aromatic nitrogens is 7. The quantitative estimate of drug-likeness (QED) is 0.476. The molecule has 12 nitrogen and oxygen atoms in total. The summed E-state index contributed by atoms with van der Waals surface area (Å²) in [6.07, 6.45) is 5.06. The molecule has 3 aromatic heterocycles. The summed E-state index contributed by atoms with van der Waals surface area (Å²) in [6.45, 7) is 0. The fraction of sp³-hybridized carbons (Fsp3) is 0.0556. The molecule has 0 fully saturated rings. The number of rotatable bonds is 5. The second-order valence-corrected chi connectivity index (χ2v) is 5.90. The zero-order valence-corrected chi connectivity index (χ0v) is 15.5. The van der Waals surface area contributed by atoms with Crippen LogP contribution in [0.2, 0.25) is 0 Å². The molecule has 0 atom stereocenters. The molecule has 0 unspecified atom stereocenters. The molecule has 0 aliphatic heterocycles. The van der Waals surface area contributed by atoms with E-state index in [0.717, 1.165) is 10.8 Å². The number of anilines is 1. The Morgan fingerprint density at radius 2 is 1.93 bits per heavy atom. The number of amides is 1. The normalized spacial score (nSPS) is 10.6. The fourth-order valence-corrected chi connectivity index (χ4v) is 2.65. The SMILES string of the molecule is COc1ccc(-n2c(=O)[nH]cc(C(=O)Nc3cc(-n4cncn4)ncn3)c2=O)cc1. The maximum atomic E-state index is 12.8. The van der Waals surface area contributed by atoms with Crippen molar-refractivity contribution in [2.24, 2.45) is 0 Å². The number of methoxy groups -OCH3 is 1. The maximum absolute atomic E-state index is 12.8. The van der Waals surface area contributed by atoms with Crippen LogP contribution in [-0.4, -0.2) is 47.3 Å². The first-order valence-corrected chi connectivity index (χ1v) is 8.54. The summed E-state index contributed by atoms with van der Waals surface area (Å²) >= 11 is 0. The zero-order valence-electron chi connectivity index (χ0n) is 15.5. The van der Waals surface area contributed by atoms with Crippen molar-refractivity contribution < 1.29 is 9.53 Å². The van der Waals surface area contributed by atoms with Gasteiger partial charge in [0.25, 0.3) is 11.5 Å². The summed E-state index contributed by atoms with van der Waals surface area (Å²) in [4.78, 5) is 51.9. The average Bonchev–Trinajstić information content (AvgIpc) is 3.29. The Hall–Kier alpha value is -4.61. The van der Waals surface area contributed by atoms with Crippen LogP contribution >= 0.6 is 0 Å². The van der Waals surface area contributed by atoms with Gasteiger partial charge in [-0.15, -0.1) is 0 Å². The summed E-state index contributed by atoms with van der Waals surface area (Å²) in [5.74, 6) is 0.322. The number of aromatic amines is 1. The lowest BCUT2D eigenvalue weighted by atomic mass is 10.2. The van der Waals surface area contributed by atoms with E-state index in [4.69, 9.17) is 4.74 Å². The van der Waals surface area contributed by atoms with Gasteiger partial charge in [0.05, 0.1) is 12.8 Å². The Balaban J connectivity index is 1.66. The van der Waals surface area contributed by atoms with E-state index < -0.39 is 17.2 Å². The van der Waals surface area contributed by atoms with Crippen LogP contribution in [0.5, 0.6) is 5.75 Å². The number of carbonyl (C=O) groups excluding carboxylic acids is 1. The van der Waals surface area contributed by atoms with Gasteiger partial charge in [0, 0.05) is 12.3 Å².